The third-order valence-corrected chi connectivity index (χ3v) is 5.05. The van der Waals surface area contributed by atoms with Gasteiger partial charge < -0.3 is 10.2 Å². The van der Waals surface area contributed by atoms with Gasteiger partial charge in [0.15, 0.2) is 0 Å². The quantitative estimate of drug-likeness (QED) is 0.789. The molecule has 1 aromatic carbocycles. The highest BCUT2D eigenvalue weighted by Gasteiger charge is 2.22. The summed E-state index contributed by atoms with van der Waals surface area (Å²) in [4.78, 5) is 2.59. The van der Waals surface area contributed by atoms with Crippen molar-refractivity contribution in [3.05, 3.63) is 58.3 Å². The van der Waals surface area contributed by atoms with Gasteiger partial charge in [-0.2, -0.15) is 11.3 Å². The molecule has 3 heteroatoms. The number of nitrogens with zero attached hydrogens (tertiary/aromatic N) is 1. The van der Waals surface area contributed by atoms with Crippen LogP contribution < -0.4 is 5.32 Å². The average molecular weight is 300 g/mol. The number of hydrogen-bond acceptors (Lipinski definition) is 3. The van der Waals surface area contributed by atoms with E-state index in [9.17, 15) is 0 Å². The van der Waals surface area contributed by atoms with Gasteiger partial charge in [-0.05, 0) is 59.8 Å². The number of likely N-dealkylation sites (tertiary alicyclic amines) is 1. The Kier molecular flexibility index (Phi) is 5.44. The zero-order valence-electron chi connectivity index (χ0n) is 12.5. The monoisotopic (exact) mass is 300 g/mol. The lowest BCUT2D eigenvalue weighted by molar-refractivity contribution is 0.332. The van der Waals surface area contributed by atoms with Crippen molar-refractivity contribution in [1.82, 2.24) is 10.2 Å². The molecular weight excluding hydrogens is 276 g/mol. The largest absolute Gasteiger partial charge is 0.315 e. The van der Waals surface area contributed by atoms with Crippen molar-refractivity contribution in [2.75, 3.05) is 32.7 Å². The molecule has 21 heavy (non-hydrogen) atoms. The molecule has 1 N–H and O–H groups in total. The maximum atomic E-state index is 3.57. The van der Waals surface area contributed by atoms with Gasteiger partial charge in [0.2, 0.25) is 0 Å². The summed E-state index contributed by atoms with van der Waals surface area (Å²) in [5, 5.41) is 7.97. The van der Waals surface area contributed by atoms with Gasteiger partial charge >= 0.3 is 0 Å². The van der Waals surface area contributed by atoms with E-state index in [2.05, 4.69) is 57.4 Å². The van der Waals surface area contributed by atoms with Crippen molar-refractivity contribution >= 4 is 11.3 Å². The highest BCUT2D eigenvalue weighted by atomic mass is 32.1. The Morgan fingerprint density at radius 2 is 2.05 bits per heavy atom. The lowest BCUT2D eigenvalue weighted by atomic mass is 9.99. The van der Waals surface area contributed by atoms with Crippen LogP contribution in [0.25, 0.3) is 0 Å². The van der Waals surface area contributed by atoms with E-state index in [-0.39, 0.29) is 0 Å². The first-order chi connectivity index (χ1) is 10.4. The van der Waals surface area contributed by atoms with Crippen LogP contribution in [0.4, 0.5) is 0 Å². The first-order valence-electron chi connectivity index (χ1n) is 7.91. The minimum absolute atomic E-state index is 0.733. The van der Waals surface area contributed by atoms with Gasteiger partial charge in [0.1, 0.15) is 0 Å². The molecule has 2 heterocycles. The summed E-state index contributed by atoms with van der Waals surface area (Å²) in [6.45, 7) is 5.83. The molecule has 0 amide bonds. The zero-order chi connectivity index (χ0) is 14.3. The van der Waals surface area contributed by atoms with Gasteiger partial charge in [-0.25, -0.2) is 0 Å². The van der Waals surface area contributed by atoms with Gasteiger partial charge in [0, 0.05) is 19.6 Å². The summed E-state index contributed by atoms with van der Waals surface area (Å²) < 4.78 is 0. The first-order valence-corrected chi connectivity index (χ1v) is 8.85. The standard InChI is InChI=1S/C18H24N2S/c1-2-4-17(5-3-1)18-7-11-20(14-18)12-10-19-9-6-16-8-13-21-15-16/h1-5,8,13,15,18-19H,6-7,9-12,14H2. The molecular formula is C18H24N2S. The van der Waals surface area contributed by atoms with Crippen LogP contribution in [0.3, 0.4) is 0 Å². The summed E-state index contributed by atoms with van der Waals surface area (Å²) in [6, 6.07) is 13.2. The Bertz CT molecular complexity index is 509. The molecule has 0 saturated carbocycles. The van der Waals surface area contributed by atoms with Crippen molar-refractivity contribution in [1.29, 1.82) is 0 Å². The molecule has 2 nitrogen and oxygen atoms in total. The second-order valence-electron chi connectivity index (χ2n) is 5.83. The summed E-state index contributed by atoms with van der Waals surface area (Å²) in [7, 11) is 0. The van der Waals surface area contributed by atoms with E-state index < -0.39 is 0 Å². The molecule has 1 atom stereocenters. The summed E-state index contributed by atoms with van der Waals surface area (Å²) in [6.07, 6.45) is 2.45. The fourth-order valence-electron chi connectivity index (χ4n) is 3.06. The molecule has 1 aliphatic rings. The van der Waals surface area contributed by atoms with Crippen molar-refractivity contribution in [2.45, 2.75) is 18.8 Å². The Balaban J connectivity index is 1.32. The maximum absolute atomic E-state index is 3.57. The second kappa shape index (κ2) is 7.74. The predicted molar refractivity (Wildman–Crippen MR) is 91.1 cm³/mol. The number of benzene rings is 1. The molecule has 0 radical (unpaired) electrons. The smallest absolute Gasteiger partial charge is 0.0107 e. The number of thiophene rings is 1. The van der Waals surface area contributed by atoms with Crippen LogP contribution in [0.1, 0.15) is 23.5 Å². The van der Waals surface area contributed by atoms with Crippen LogP contribution in [0, 0.1) is 0 Å². The third kappa shape index (κ3) is 4.40. The van der Waals surface area contributed by atoms with E-state index in [1.807, 2.05) is 0 Å². The van der Waals surface area contributed by atoms with E-state index in [1.165, 1.54) is 37.2 Å². The fourth-order valence-corrected chi connectivity index (χ4v) is 3.77. The topological polar surface area (TPSA) is 15.3 Å². The predicted octanol–water partition coefficient (Wildman–Crippen LogP) is 3.37. The summed E-state index contributed by atoms with van der Waals surface area (Å²) in [5.74, 6) is 0.733. The van der Waals surface area contributed by atoms with Gasteiger partial charge in [-0.1, -0.05) is 30.3 Å². The van der Waals surface area contributed by atoms with Gasteiger partial charge in [-0.3, -0.25) is 0 Å². The summed E-state index contributed by atoms with van der Waals surface area (Å²) >= 11 is 1.79. The molecule has 1 unspecified atom stereocenters. The molecule has 2 aromatic rings. The Morgan fingerprint density at radius 3 is 2.86 bits per heavy atom. The molecule has 1 saturated heterocycles. The highest BCUT2D eigenvalue weighted by Crippen LogP contribution is 2.26. The average Bonchev–Trinajstić information content (AvgIpc) is 3.19. The molecule has 3 rings (SSSR count). The Labute approximate surface area is 131 Å². The second-order valence-corrected chi connectivity index (χ2v) is 6.61. The van der Waals surface area contributed by atoms with E-state index >= 15 is 0 Å². The van der Waals surface area contributed by atoms with E-state index in [0.29, 0.717) is 0 Å². The van der Waals surface area contributed by atoms with Gasteiger partial charge in [0.05, 0.1) is 0 Å². The van der Waals surface area contributed by atoms with Crippen LogP contribution >= 0.6 is 11.3 Å². The molecule has 1 aromatic heterocycles. The maximum Gasteiger partial charge on any atom is 0.0107 e. The normalized spacial score (nSPS) is 19.1. The lowest BCUT2D eigenvalue weighted by Crippen LogP contribution is -2.31. The zero-order valence-corrected chi connectivity index (χ0v) is 13.3. The number of hydrogen-bond donors (Lipinski definition) is 1. The Hall–Kier alpha value is -1.16. The van der Waals surface area contributed by atoms with Crippen molar-refractivity contribution < 1.29 is 0 Å². The van der Waals surface area contributed by atoms with Crippen molar-refractivity contribution in [3.63, 3.8) is 0 Å². The van der Waals surface area contributed by atoms with Crippen LogP contribution in [-0.2, 0) is 6.42 Å². The number of rotatable bonds is 7. The molecule has 112 valence electrons. The van der Waals surface area contributed by atoms with Crippen LogP contribution in [0.2, 0.25) is 0 Å². The lowest BCUT2D eigenvalue weighted by Gasteiger charge is -2.16. The molecule has 1 fully saturated rings. The third-order valence-electron chi connectivity index (χ3n) is 4.32. The van der Waals surface area contributed by atoms with E-state index in [4.69, 9.17) is 0 Å². The molecule has 1 aliphatic heterocycles. The summed E-state index contributed by atoms with van der Waals surface area (Å²) in [5.41, 5.74) is 2.96. The highest BCUT2D eigenvalue weighted by molar-refractivity contribution is 7.07. The van der Waals surface area contributed by atoms with E-state index in [0.717, 1.165) is 25.4 Å². The van der Waals surface area contributed by atoms with Crippen molar-refractivity contribution in [2.24, 2.45) is 0 Å². The van der Waals surface area contributed by atoms with Crippen LogP contribution in [0.15, 0.2) is 47.2 Å². The van der Waals surface area contributed by atoms with Crippen molar-refractivity contribution in [3.8, 4) is 0 Å². The fraction of sp³-hybridized carbons (Fsp3) is 0.444. The molecule has 0 aliphatic carbocycles. The first kappa shape index (κ1) is 14.8. The van der Waals surface area contributed by atoms with Gasteiger partial charge in [0.25, 0.3) is 0 Å². The van der Waals surface area contributed by atoms with Crippen LogP contribution in [-0.4, -0.2) is 37.6 Å². The van der Waals surface area contributed by atoms with Crippen LogP contribution in [0.5, 0.6) is 0 Å². The Morgan fingerprint density at radius 1 is 1.14 bits per heavy atom. The minimum atomic E-state index is 0.733. The van der Waals surface area contributed by atoms with E-state index in [1.54, 1.807) is 11.3 Å². The SMILES string of the molecule is c1ccc(C2CCN(CCNCCc3ccsc3)C2)cc1. The molecule has 0 bridgehead atoms. The minimum Gasteiger partial charge on any atom is -0.315 e. The molecule has 0 spiro atoms. The number of nitrogens with one attached hydrogen (secondary N) is 1. The van der Waals surface area contributed by atoms with Gasteiger partial charge in [-0.15, -0.1) is 0 Å².